The van der Waals surface area contributed by atoms with Crippen LogP contribution in [0, 0.1) is 5.92 Å². The Kier molecular flexibility index (Phi) is 66.8. The van der Waals surface area contributed by atoms with E-state index >= 15 is 0 Å². The van der Waals surface area contributed by atoms with Crippen LogP contribution in [0.15, 0.2) is 0 Å². The minimum Gasteiger partial charge on any atom is -0.462 e. The van der Waals surface area contributed by atoms with Crippen LogP contribution in [0.3, 0.4) is 0 Å². The Labute approximate surface area is 575 Å². The van der Waals surface area contributed by atoms with Gasteiger partial charge in [0, 0.05) is 25.7 Å². The first-order valence-electron chi connectivity index (χ1n) is 39.1. The average Bonchev–Trinajstić information content (AvgIpc) is 1.96. The van der Waals surface area contributed by atoms with Gasteiger partial charge in [0.1, 0.15) is 19.3 Å². The van der Waals surface area contributed by atoms with Crippen molar-refractivity contribution in [2.24, 2.45) is 5.92 Å². The minimum atomic E-state index is -4.96. The van der Waals surface area contributed by atoms with Gasteiger partial charge >= 0.3 is 39.5 Å². The van der Waals surface area contributed by atoms with E-state index in [1.165, 1.54) is 218 Å². The van der Waals surface area contributed by atoms with Crippen molar-refractivity contribution in [1.29, 1.82) is 0 Å². The smallest absolute Gasteiger partial charge is 0.462 e. The number of ether oxygens (including phenoxy) is 4. The number of rotatable bonds is 75. The Morgan fingerprint density at radius 3 is 0.723 bits per heavy atom. The Morgan fingerprint density at radius 1 is 0.287 bits per heavy atom. The second kappa shape index (κ2) is 68.2. The van der Waals surface area contributed by atoms with Gasteiger partial charge in [-0.25, -0.2) is 9.13 Å². The van der Waals surface area contributed by atoms with Crippen molar-refractivity contribution in [1.82, 2.24) is 0 Å². The zero-order valence-corrected chi connectivity index (χ0v) is 62.9. The Balaban J connectivity index is 5.22. The van der Waals surface area contributed by atoms with Crippen LogP contribution in [0.2, 0.25) is 0 Å². The lowest BCUT2D eigenvalue weighted by Crippen LogP contribution is -2.30. The average molecular weight is 1380 g/mol. The molecule has 0 aliphatic heterocycles. The van der Waals surface area contributed by atoms with Crippen molar-refractivity contribution >= 4 is 39.5 Å². The molecule has 94 heavy (non-hydrogen) atoms. The zero-order chi connectivity index (χ0) is 69.1. The lowest BCUT2D eigenvalue weighted by atomic mass is 10.0. The maximum atomic E-state index is 13.1. The number of esters is 4. The molecule has 17 nitrogen and oxygen atoms in total. The molecule has 0 radical (unpaired) electrons. The molecule has 3 N–H and O–H groups in total. The molecule has 558 valence electrons. The van der Waals surface area contributed by atoms with Gasteiger partial charge in [-0.3, -0.25) is 37.3 Å². The predicted molar refractivity (Wildman–Crippen MR) is 382 cm³/mol. The summed E-state index contributed by atoms with van der Waals surface area (Å²) >= 11 is 0. The Morgan fingerprint density at radius 2 is 0.489 bits per heavy atom. The second-order valence-electron chi connectivity index (χ2n) is 27.5. The molecule has 2 unspecified atom stereocenters. The van der Waals surface area contributed by atoms with E-state index in [2.05, 4.69) is 34.6 Å². The number of hydrogen-bond acceptors (Lipinski definition) is 15. The number of carbonyl (C=O) groups excluding carboxylic acids is 4. The van der Waals surface area contributed by atoms with Gasteiger partial charge < -0.3 is 33.8 Å². The monoisotopic (exact) mass is 1380 g/mol. The molecule has 0 aromatic rings. The maximum absolute atomic E-state index is 13.1. The third-order valence-electron chi connectivity index (χ3n) is 17.5. The molecule has 0 saturated heterocycles. The van der Waals surface area contributed by atoms with Gasteiger partial charge in [-0.2, -0.15) is 0 Å². The number of phosphoric acid groups is 2. The van der Waals surface area contributed by atoms with E-state index in [1.807, 2.05) is 0 Å². The third kappa shape index (κ3) is 68.6. The van der Waals surface area contributed by atoms with Gasteiger partial charge in [-0.1, -0.05) is 343 Å². The highest BCUT2D eigenvalue weighted by molar-refractivity contribution is 7.47. The molecular formula is C75H146O17P2. The van der Waals surface area contributed by atoms with Gasteiger partial charge in [0.2, 0.25) is 0 Å². The Hall–Kier alpha value is -1.94. The van der Waals surface area contributed by atoms with Gasteiger partial charge in [-0.05, 0) is 31.6 Å². The van der Waals surface area contributed by atoms with Crippen LogP contribution < -0.4 is 0 Å². The number of aliphatic hydroxyl groups is 1. The fourth-order valence-corrected chi connectivity index (χ4v) is 13.1. The molecule has 0 aromatic carbocycles. The lowest BCUT2D eigenvalue weighted by molar-refractivity contribution is -0.161. The van der Waals surface area contributed by atoms with Gasteiger partial charge in [0.05, 0.1) is 26.4 Å². The molecule has 0 spiro atoms. The Bertz CT molecular complexity index is 1810. The standard InChI is InChI=1S/C75H146O17P2/c1-6-9-12-15-18-21-24-25-26-27-28-29-30-31-34-41-46-51-56-61-75(80)92-71(65-86-73(78)59-54-49-44-39-36-35-37-42-47-52-57-68(4)5)67-90-94(83,84)88-63-69(76)62-87-93(81,82)89-66-70(91-74(79)60-55-50-45-40-33-23-20-17-14-11-8-3)64-85-72(77)58-53-48-43-38-32-22-19-16-13-10-7-2/h68-71,76H,6-67H2,1-5H3,(H,81,82)(H,83,84)/t69-,70+,71+/m0/s1. The van der Waals surface area contributed by atoms with Crippen molar-refractivity contribution < 1.29 is 80.2 Å². The minimum absolute atomic E-state index is 0.107. The van der Waals surface area contributed by atoms with E-state index in [1.54, 1.807) is 0 Å². The summed E-state index contributed by atoms with van der Waals surface area (Å²) < 4.78 is 68.5. The van der Waals surface area contributed by atoms with Crippen LogP contribution in [0.5, 0.6) is 0 Å². The predicted octanol–water partition coefficient (Wildman–Crippen LogP) is 22.1. The molecule has 0 heterocycles. The molecule has 0 fully saturated rings. The molecule has 0 bridgehead atoms. The number of phosphoric ester groups is 2. The first-order valence-corrected chi connectivity index (χ1v) is 42.1. The molecule has 19 heteroatoms. The largest absolute Gasteiger partial charge is 0.472 e. The van der Waals surface area contributed by atoms with Crippen LogP contribution in [0.4, 0.5) is 0 Å². The molecular weight excluding hydrogens is 1230 g/mol. The molecule has 0 aromatic heterocycles. The SMILES string of the molecule is CCCCCCCCCCCCCCCCCCCCCC(=O)O[C@H](COC(=O)CCCCCCCCCCCCC(C)C)COP(=O)(O)OC[C@@H](O)COP(=O)(O)OC[C@@H](COC(=O)CCCCCCCCCCCCC)OC(=O)CCCCCCCCCCCCC. The van der Waals surface area contributed by atoms with E-state index in [0.29, 0.717) is 25.7 Å². The van der Waals surface area contributed by atoms with Gasteiger partial charge in [-0.15, -0.1) is 0 Å². The fraction of sp³-hybridized carbons (Fsp3) is 0.947. The molecule has 5 atom stereocenters. The van der Waals surface area contributed by atoms with Crippen molar-refractivity contribution in [3.05, 3.63) is 0 Å². The normalized spacial score (nSPS) is 14.0. The third-order valence-corrected chi connectivity index (χ3v) is 19.4. The summed E-state index contributed by atoms with van der Waals surface area (Å²) in [6.45, 7) is 7.27. The topological polar surface area (TPSA) is 237 Å². The first-order chi connectivity index (χ1) is 45.5. The van der Waals surface area contributed by atoms with Gasteiger partial charge in [0.15, 0.2) is 12.2 Å². The first kappa shape index (κ1) is 92.1. The van der Waals surface area contributed by atoms with E-state index in [-0.39, 0.29) is 25.7 Å². The van der Waals surface area contributed by atoms with E-state index in [4.69, 9.17) is 37.0 Å². The summed E-state index contributed by atoms with van der Waals surface area (Å²) in [6.07, 6.45) is 56.8. The van der Waals surface area contributed by atoms with Crippen molar-refractivity contribution in [3.8, 4) is 0 Å². The number of aliphatic hydroxyl groups excluding tert-OH is 1. The van der Waals surface area contributed by atoms with Crippen LogP contribution in [0.1, 0.15) is 394 Å². The van der Waals surface area contributed by atoms with E-state index in [9.17, 15) is 43.2 Å². The summed E-state index contributed by atoms with van der Waals surface area (Å²) in [5, 5.41) is 10.6. The molecule has 0 amide bonds. The van der Waals surface area contributed by atoms with Crippen molar-refractivity contribution in [3.63, 3.8) is 0 Å². The highest BCUT2D eigenvalue weighted by Gasteiger charge is 2.30. The van der Waals surface area contributed by atoms with Gasteiger partial charge in [0.25, 0.3) is 0 Å². The van der Waals surface area contributed by atoms with E-state index in [0.717, 1.165) is 95.8 Å². The molecule has 0 aliphatic carbocycles. The summed E-state index contributed by atoms with van der Waals surface area (Å²) in [5.41, 5.74) is 0. The zero-order valence-electron chi connectivity index (χ0n) is 61.1. The molecule has 0 saturated carbocycles. The highest BCUT2D eigenvalue weighted by atomic mass is 31.2. The second-order valence-corrected chi connectivity index (χ2v) is 30.4. The summed E-state index contributed by atoms with van der Waals surface area (Å²) in [5.74, 6) is -1.36. The van der Waals surface area contributed by atoms with Crippen LogP contribution in [-0.4, -0.2) is 96.7 Å². The molecule has 0 aliphatic rings. The number of carbonyl (C=O) groups is 4. The van der Waals surface area contributed by atoms with Crippen molar-refractivity contribution in [2.75, 3.05) is 39.6 Å². The van der Waals surface area contributed by atoms with Crippen LogP contribution in [0.25, 0.3) is 0 Å². The van der Waals surface area contributed by atoms with Crippen molar-refractivity contribution in [2.45, 2.75) is 412 Å². The number of unbranched alkanes of at least 4 members (excludes halogenated alkanes) is 47. The number of hydrogen-bond donors (Lipinski definition) is 3. The van der Waals surface area contributed by atoms with Crippen LogP contribution in [-0.2, 0) is 65.4 Å². The summed E-state index contributed by atoms with van der Waals surface area (Å²) in [4.78, 5) is 72.7. The van der Waals surface area contributed by atoms with Crippen LogP contribution >= 0.6 is 15.6 Å². The summed E-state index contributed by atoms with van der Waals surface area (Å²) in [6, 6.07) is 0. The van der Waals surface area contributed by atoms with E-state index < -0.39 is 97.5 Å². The summed E-state index contributed by atoms with van der Waals surface area (Å²) in [7, 11) is -9.91. The highest BCUT2D eigenvalue weighted by Crippen LogP contribution is 2.45. The quantitative estimate of drug-likeness (QED) is 0.0222. The maximum Gasteiger partial charge on any atom is 0.472 e. The fourth-order valence-electron chi connectivity index (χ4n) is 11.5. The molecule has 0 rings (SSSR count). The lowest BCUT2D eigenvalue weighted by Gasteiger charge is -2.21.